The molecule has 2 heterocycles. The summed E-state index contributed by atoms with van der Waals surface area (Å²) >= 11 is 0. The Labute approximate surface area is 204 Å². The van der Waals surface area contributed by atoms with Crippen molar-refractivity contribution in [1.82, 2.24) is 0 Å². The van der Waals surface area contributed by atoms with Crippen LogP contribution in [0.2, 0.25) is 0 Å². The average Bonchev–Trinajstić information content (AvgIpc) is 3.28. The molecule has 4 atom stereocenters. The maximum atomic E-state index is 12.3. The lowest BCUT2D eigenvalue weighted by Gasteiger charge is -2.50. The number of hydrogen-bond donors (Lipinski definition) is 1. The zero-order valence-corrected chi connectivity index (χ0v) is 20.6. The zero-order valence-electron chi connectivity index (χ0n) is 20.6. The molecule has 1 amide bonds. The second-order valence-electron chi connectivity index (χ2n) is 9.52. The SMILES string of the molecule is COc1cc([C@@H]2c3cc4c(cc3[C@H]3OC(C)(C)OC[C@H]3[C@@H]2CC(N)=O)OCO4)cc(OC)c1OC. The Morgan fingerprint density at radius 1 is 1.00 bits per heavy atom. The predicted octanol–water partition coefficient (Wildman–Crippen LogP) is 3.52. The number of fused-ring (bicyclic) bond motifs is 4. The molecule has 2 aromatic rings. The van der Waals surface area contributed by atoms with Crippen LogP contribution in [0.5, 0.6) is 28.7 Å². The lowest BCUT2D eigenvalue weighted by Crippen LogP contribution is -2.48. The standard InChI is InChI=1S/C26H31NO8/c1-26(2)34-11-17-15(10-22(27)28)23(13-6-20(29-3)25(31-5)21(7-13)30-4)14-8-18-19(33-12-32-18)9-16(14)24(17)35-26/h6-9,15,17,23-24H,10-12H2,1-5H3,(H2,27,28)/t15-,17-,23+,24+/m0/s1. The number of rotatable bonds is 6. The minimum atomic E-state index is -0.772. The Bertz CT molecular complexity index is 1120. The molecule has 2 aromatic carbocycles. The van der Waals surface area contributed by atoms with Gasteiger partial charge in [0.05, 0.1) is 34.0 Å². The molecule has 188 valence electrons. The summed E-state index contributed by atoms with van der Waals surface area (Å²) in [4.78, 5) is 12.3. The smallest absolute Gasteiger partial charge is 0.231 e. The lowest BCUT2D eigenvalue weighted by molar-refractivity contribution is -0.305. The van der Waals surface area contributed by atoms with E-state index in [1.807, 2.05) is 38.1 Å². The van der Waals surface area contributed by atoms with Gasteiger partial charge in [0.15, 0.2) is 28.8 Å². The van der Waals surface area contributed by atoms with Gasteiger partial charge in [0, 0.05) is 18.3 Å². The van der Waals surface area contributed by atoms with E-state index in [2.05, 4.69) is 0 Å². The van der Waals surface area contributed by atoms with Gasteiger partial charge in [-0.1, -0.05) is 0 Å². The molecule has 2 N–H and O–H groups in total. The highest BCUT2D eigenvalue weighted by atomic mass is 16.7. The van der Waals surface area contributed by atoms with E-state index in [9.17, 15) is 4.79 Å². The molecule has 0 unspecified atom stereocenters. The van der Waals surface area contributed by atoms with Crippen molar-refractivity contribution in [2.45, 2.75) is 38.1 Å². The summed E-state index contributed by atoms with van der Waals surface area (Å²) in [6.45, 7) is 4.36. The van der Waals surface area contributed by atoms with Gasteiger partial charge in [-0.3, -0.25) is 4.79 Å². The third-order valence-electron chi connectivity index (χ3n) is 7.10. The summed E-state index contributed by atoms with van der Waals surface area (Å²) in [6, 6.07) is 7.82. The molecule has 1 aliphatic carbocycles. The lowest BCUT2D eigenvalue weighted by atomic mass is 9.63. The van der Waals surface area contributed by atoms with E-state index < -0.39 is 5.79 Å². The van der Waals surface area contributed by atoms with Crippen molar-refractivity contribution in [3.8, 4) is 28.7 Å². The van der Waals surface area contributed by atoms with Crippen LogP contribution in [-0.4, -0.2) is 46.4 Å². The van der Waals surface area contributed by atoms with Crippen LogP contribution in [0, 0.1) is 11.8 Å². The molecule has 0 radical (unpaired) electrons. The predicted molar refractivity (Wildman–Crippen MR) is 125 cm³/mol. The summed E-state index contributed by atoms with van der Waals surface area (Å²) in [5, 5.41) is 0. The molecule has 1 saturated heterocycles. The third kappa shape index (κ3) is 4.02. The first kappa shape index (κ1) is 23.6. The van der Waals surface area contributed by atoms with E-state index in [0.717, 1.165) is 16.7 Å². The van der Waals surface area contributed by atoms with E-state index in [0.29, 0.717) is 35.4 Å². The van der Waals surface area contributed by atoms with Crippen molar-refractivity contribution in [2.24, 2.45) is 17.6 Å². The van der Waals surface area contributed by atoms with Crippen LogP contribution in [0.4, 0.5) is 0 Å². The van der Waals surface area contributed by atoms with Gasteiger partial charge in [-0.2, -0.15) is 0 Å². The van der Waals surface area contributed by atoms with Crippen LogP contribution >= 0.6 is 0 Å². The summed E-state index contributed by atoms with van der Waals surface area (Å²) in [5.74, 6) is 1.16. The van der Waals surface area contributed by atoms with E-state index in [-0.39, 0.29) is 43.0 Å². The number of amides is 1. The summed E-state index contributed by atoms with van der Waals surface area (Å²) < 4.78 is 40.7. The Hall–Kier alpha value is -3.17. The molecular formula is C26H31NO8. The second kappa shape index (κ2) is 8.80. The summed E-state index contributed by atoms with van der Waals surface area (Å²) in [7, 11) is 4.72. The van der Waals surface area contributed by atoms with Crippen molar-refractivity contribution in [2.75, 3.05) is 34.7 Å². The molecule has 0 spiro atoms. The number of methoxy groups -OCH3 is 3. The highest BCUT2D eigenvalue weighted by molar-refractivity contribution is 5.74. The zero-order chi connectivity index (χ0) is 24.9. The van der Waals surface area contributed by atoms with Gasteiger partial charge in [0.2, 0.25) is 18.4 Å². The number of ether oxygens (including phenoxy) is 7. The quantitative estimate of drug-likeness (QED) is 0.662. The number of benzene rings is 2. The molecular weight excluding hydrogens is 454 g/mol. The summed E-state index contributed by atoms with van der Waals surface area (Å²) in [6.07, 6.45) is -0.144. The van der Waals surface area contributed by atoms with Crippen LogP contribution in [0.25, 0.3) is 0 Å². The molecule has 9 nitrogen and oxygen atoms in total. The molecule has 35 heavy (non-hydrogen) atoms. The minimum absolute atomic E-state index is 0.118. The van der Waals surface area contributed by atoms with E-state index >= 15 is 0 Å². The van der Waals surface area contributed by atoms with Crippen LogP contribution in [0.3, 0.4) is 0 Å². The van der Waals surface area contributed by atoms with E-state index in [1.54, 1.807) is 21.3 Å². The fourth-order valence-corrected chi connectivity index (χ4v) is 5.63. The second-order valence-corrected chi connectivity index (χ2v) is 9.52. The first-order valence-electron chi connectivity index (χ1n) is 11.6. The van der Waals surface area contributed by atoms with Crippen molar-refractivity contribution >= 4 is 5.91 Å². The number of carbonyl (C=O) groups excluding carboxylic acids is 1. The molecule has 3 aliphatic rings. The van der Waals surface area contributed by atoms with Crippen molar-refractivity contribution in [3.05, 3.63) is 41.0 Å². The Morgan fingerprint density at radius 2 is 1.63 bits per heavy atom. The van der Waals surface area contributed by atoms with Gasteiger partial charge >= 0.3 is 0 Å². The maximum absolute atomic E-state index is 12.3. The van der Waals surface area contributed by atoms with Gasteiger partial charge in [-0.25, -0.2) is 0 Å². The molecule has 0 aromatic heterocycles. The van der Waals surface area contributed by atoms with E-state index in [1.165, 1.54) is 0 Å². The fraction of sp³-hybridized carbons (Fsp3) is 0.500. The van der Waals surface area contributed by atoms with Crippen LogP contribution in [0.15, 0.2) is 24.3 Å². The monoisotopic (exact) mass is 485 g/mol. The first-order chi connectivity index (χ1) is 16.8. The average molecular weight is 486 g/mol. The van der Waals surface area contributed by atoms with Gasteiger partial charge in [-0.15, -0.1) is 0 Å². The normalized spacial score (nSPS) is 25.9. The van der Waals surface area contributed by atoms with Gasteiger partial charge in [0.1, 0.15) is 0 Å². The molecule has 1 fully saturated rings. The van der Waals surface area contributed by atoms with Crippen LogP contribution in [0.1, 0.15) is 49.0 Å². The molecule has 2 aliphatic heterocycles. The van der Waals surface area contributed by atoms with Crippen molar-refractivity contribution in [1.29, 1.82) is 0 Å². The molecule has 0 saturated carbocycles. The molecule has 0 bridgehead atoms. The Balaban J connectivity index is 1.75. The topological polar surface area (TPSA) is 108 Å². The first-order valence-corrected chi connectivity index (χ1v) is 11.6. The number of hydrogen-bond acceptors (Lipinski definition) is 8. The Kier molecular flexibility index (Phi) is 5.93. The summed E-state index contributed by atoms with van der Waals surface area (Å²) in [5.41, 5.74) is 8.63. The third-order valence-corrected chi connectivity index (χ3v) is 7.10. The largest absolute Gasteiger partial charge is 0.493 e. The van der Waals surface area contributed by atoms with Gasteiger partial charge in [-0.05, 0) is 60.7 Å². The van der Waals surface area contributed by atoms with Gasteiger partial charge < -0.3 is 38.9 Å². The number of carbonyl (C=O) groups is 1. The van der Waals surface area contributed by atoms with E-state index in [4.69, 9.17) is 38.9 Å². The van der Waals surface area contributed by atoms with Gasteiger partial charge in [0.25, 0.3) is 0 Å². The minimum Gasteiger partial charge on any atom is -0.493 e. The number of primary amides is 1. The van der Waals surface area contributed by atoms with Crippen LogP contribution in [-0.2, 0) is 14.3 Å². The highest BCUT2D eigenvalue weighted by Crippen LogP contribution is 2.57. The number of nitrogens with two attached hydrogens (primary N) is 1. The fourth-order valence-electron chi connectivity index (χ4n) is 5.63. The van der Waals surface area contributed by atoms with Crippen LogP contribution < -0.4 is 29.4 Å². The Morgan fingerprint density at radius 3 is 2.20 bits per heavy atom. The molecule has 9 heteroatoms. The van der Waals surface area contributed by atoms with Crippen molar-refractivity contribution < 1.29 is 38.0 Å². The highest BCUT2D eigenvalue weighted by Gasteiger charge is 2.50. The molecule has 5 rings (SSSR count). The maximum Gasteiger partial charge on any atom is 0.231 e. The van der Waals surface area contributed by atoms with Crippen molar-refractivity contribution in [3.63, 3.8) is 0 Å².